The summed E-state index contributed by atoms with van der Waals surface area (Å²) in [6, 6.07) is 5.38. The lowest BCUT2D eigenvalue weighted by Crippen LogP contribution is -2.48. The van der Waals surface area contributed by atoms with Crippen molar-refractivity contribution in [3.63, 3.8) is 0 Å². The third kappa shape index (κ3) is 4.23. The van der Waals surface area contributed by atoms with Crippen LogP contribution in [0.25, 0.3) is 0 Å². The van der Waals surface area contributed by atoms with Crippen molar-refractivity contribution in [2.24, 2.45) is 11.1 Å². The van der Waals surface area contributed by atoms with E-state index < -0.39 is 0 Å². The van der Waals surface area contributed by atoms with E-state index in [0.717, 1.165) is 4.47 Å². The maximum Gasteiger partial charge on any atom is 0.265 e. The number of nitrogens with zero attached hydrogens (tertiary/aromatic N) is 2. The second-order valence-corrected chi connectivity index (χ2v) is 7.41. The Kier molecular flexibility index (Phi) is 5.31. The lowest BCUT2D eigenvalue weighted by Gasteiger charge is -2.33. The largest absolute Gasteiger partial charge is 0.482 e. The molecule has 0 aromatic heterocycles. The summed E-state index contributed by atoms with van der Waals surface area (Å²) in [5, 5.41) is 0. The predicted octanol–water partition coefficient (Wildman–Crippen LogP) is 1.62. The van der Waals surface area contributed by atoms with Crippen LogP contribution >= 0.6 is 15.9 Å². The van der Waals surface area contributed by atoms with Gasteiger partial charge in [0.2, 0.25) is 5.91 Å². The molecule has 2 rings (SSSR count). The molecule has 1 aliphatic rings. The van der Waals surface area contributed by atoms with Gasteiger partial charge in [0.25, 0.3) is 5.91 Å². The summed E-state index contributed by atoms with van der Waals surface area (Å²) in [6.07, 6.45) is 0. The minimum absolute atomic E-state index is 0.00598. The van der Waals surface area contributed by atoms with Crippen LogP contribution in [0.2, 0.25) is 0 Å². The summed E-state index contributed by atoms with van der Waals surface area (Å²) >= 11 is 3.37. The van der Waals surface area contributed by atoms with E-state index in [1.807, 2.05) is 19.9 Å². The Bertz CT molecular complexity index is 619. The summed E-state index contributed by atoms with van der Waals surface area (Å²) in [5.41, 5.74) is 6.17. The van der Waals surface area contributed by atoms with Crippen LogP contribution in [-0.4, -0.2) is 50.0 Å². The lowest BCUT2D eigenvalue weighted by atomic mass is 9.93. The fraction of sp³-hybridized carbons (Fsp3) is 0.500. The summed E-state index contributed by atoms with van der Waals surface area (Å²) in [5.74, 6) is 0.243. The van der Waals surface area contributed by atoms with Crippen molar-refractivity contribution in [2.45, 2.75) is 13.8 Å². The van der Waals surface area contributed by atoms with Crippen molar-refractivity contribution in [3.8, 4) is 5.75 Å². The highest BCUT2D eigenvalue weighted by Gasteiger charge is 2.29. The highest BCUT2D eigenvalue weighted by atomic mass is 79.9. The molecule has 0 aliphatic carbocycles. The number of amides is 2. The molecule has 0 saturated carbocycles. The van der Waals surface area contributed by atoms with Crippen molar-refractivity contribution in [3.05, 3.63) is 22.7 Å². The number of anilines is 1. The van der Waals surface area contributed by atoms with Crippen LogP contribution in [0.1, 0.15) is 13.8 Å². The highest BCUT2D eigenvalue weighted by molar-refractivity contribution is 9.10. The van der Waals surface area contributed by atoms with Gasteiger partial charge in [0.1, 0.15) is 12.3 Å². The van der Waals surface area contributed by atoms with Gasteiger partial charge in [-0.1, -0.05) is 29.8 Å². The zero-order valence-electron chi connectivity index (χ0n) is 13.6. The van der Waals surface area contributed by atoms with E-state index in [-0.39, 0.29) is 30.4 Å². The normalized spacial score (nSPS) is 14.3. The molecule has 0 fully saturated rings. The first-order valence-corrected chi connectivity index (χ1v) is 8.19. The number of halogens is 1. The van der Waals surface area contributed by atoms with Crippen LogP contribution in [0.15, 0.2) is 22.7 Å². The second kappa shape index (κ2) is 6.88. The van der Waals surface area contributed by atoms with Crippen LogP contribution < -0.4 is 15.4 Å². The number of nitrogens with two attached hydrogens (primary N) is 1. The molecule has 0 atom stereocenters. The summed E-state index contributed by atoms with van der Waals surface area (Å²) in [6.45, 7) is 4.96. The predicted molar refractivity (Wildman–Crippen MR) is 92.5 cm³/mol. The number of fused-ring (bicyclic) bond motifs is 1. The van der Waals surface area contributed by atoms with Crippen LogP contribution in [0.3, 0.4) is 0 Å². The molecule has 1 aliphatic heterocycles. The molecule has 1 aromatic rings. The number of ether oxygens (including phenoxy) is 1. The van der Waals surface area contributed by atoms with Gasteiger partial charge in [-0.15, -0.1) is 0 Å². The molecule has 0 unspecified atom stereocenters. The topological polar surface area (TPSA) is 75.9 Å². The molecule has 0 saturated heterocycles. The van der Waals surface area contributed by atoms with Crippen molar-refractivity contribution < 1.29 is 14.3 Å². The average Bonchev–Trinajstić information content (AvgIpc) is 2.49. The minimum atomic E-state index is -0.223. The zero-order chi connectivity index (χ0) is 17.2. The van der Waals surface area contributed by atoms with Gasteiger partial charge in [0, 0.05) is 18.1 Å². The number of benzene rings is 1. The number of hydrogen-bond donors (Lipinski definition) is 1. The summed E-state index contributed by atoms with van der Waals surface area (Å²) in [4.78, 5) is 27.7. The summed E-state index contributed by atoms with van der Waals surface area (Å²) < 4.78 is 6.28. The van der Waals surface area contributed by atoms with Crippen molar-refractivity contribution in [2.75, 3.05) is 38.2 Å². The van der Waals surface area contributed by atoms with Crippen LogP contribution in [0.4, 0.5) is 5.69 Å². The smallest absolute Gasteiger partial charge is 0.265 e. The van der Waals surface area contributed by atoms with E-state index in [0.29, 0.717) is 24.5 Å². The van der Waals surface area contributed by atoms with Crippen LogP contribution in [0, 0.1) is 5.41 Å². The minimum Gasteiger partial charge on any atom is -0.482 e. The van der Waals surface area contributed by atoms with Gasteiger partial charge in [-0.05, 0) is 30.2 Å². The Labute approximate surface area is 144 Å². The summed E-state index contributed by atoms with van der Waals surface area (Å²) in [7, 11) is 1.73. The van der Waals surface area contributed by atoms with E-state index in [2.05, 4.69) is 15.9 Å². The maximum atomic E-state index is 12.5. The molecule has 1 aromatic carbocycles. The Morgan fingerprint density at radius 1 is 1.48 bits per heavy atom. The first-order chi connectivity index (χ1) is 10.7. The van der Waals surface area contributed by atoms with Crippen molar-refractivity contribution in [1.82, 2.24) is 4.90 Å². The number of carbonyl (C=O) groups excluding carboxylic acids is 2. The molecule has 7 heteroatoms. The molecule has 2 N–H and O–H groups in total. The average molecular weight is 384 g/mol. The highest BCUT2D eigenvalue weighted by Crippen LogP contribution is 2.34. The van der Waals surface area contributed by atoms with Gasteiger partial charge in [0.05, 0.1) is 5.69 Å². The van der Waals surface area contributed by atoms with E-state index in [1.165, 1.54) is 4.90 Å². The third-order valence-electron chi connectivity index (χ3n) is 3.80. The van der Waals surface area contributed by atoms with Crippen LogP contribution in [0.5, 0.6) is 5.75 Å². The van der Waals surface area contributed by atoms with Crippen molar-refractivity contribution in [1.29, 1.82) is 0 Å². The molecule has 0 radical (unpaired) electrons. The Balaban J connectivity index is 2.13. The van der Waals surface area contributed by atoms with Gasteiger partial charge in [0.15, 0.2) is 6.61 Å². The molecule has 0 bridgehead atoms. The van der Waals surface area contributed by atoms with E-state index in [4.69, 9.17) is 10.5 Å². The Hall–Kier alpha value is -1.60. The number of rotatable bonds is 5. The maximum absolute atomic E-state index is 12.5. The molecule has 2 amide bonds. The van der Waals surface area contributed by atoms with Gasteiger partial charge in [-0.25, -0.2) is 0 Å². The molecule has 126 valence electrons. The lowest BCUT2D eigenvalue weighted by molar-refractivity contribution is -0.131. The Morgan fingerprint density at radius 3 is 2.83 bits per heavy atom. The van der Waals surface area contributed by atoms with Gasteiger partial charge < -0.3 is 15.4 Å². The fourth-order valence-corrected chi connectivity index (χ4v) is 2.74. The van der Waals surface area contributed by atoms with Gasteiger partial charge in [-0.3, -0.25) is 14.5 Å². The molecule has 1 heterocycles. The van der Waals surface area contributed by atoms with Gasteiger partial charge >= 0.3 is 0 Å². The Morgan fingerprint density at radius 2 is 2.17 bits per heavy atom. The fourth-order valence-electron chi connectivity index (χ4n) is 2.40. The second-order valence-electron chi connectivity index (χ2n) is 6.50. The molecule has 0 spiro atoms. The number of carbonyl (C=O) groups is 2. The molecular formula is C16H22BrN3O3. The first-order valence-electron chi connectivity index (χ1n) is 7.40. The number of hydrogen-bond acceptors (Lipinski definition) is 4. The van der Waals surface area contributed by atoms with Gasteiger partial charge in [-0.2, -0.15) is 0 Å². The van der Waals surface area contributed by atoms with E-state index in [9.17, 15) is 9.59 Å². The van der Waals surface area contributed by atoms with E-state index in [1.54, 1.807) is 24.1 Å². The first kappa shape index (κ1) is 17.7. The van der Waals surface area contributed by atoms with E-state index >= 15 is 0 Å². The number of likely N-dealkylation sites (N-methyl/N-ethyl adjacent to an activating group) is 1. The molecule has 6 nitrogen and oxygen atoms in total. The van der Waals surface area contributed by atoms with Crippen LogP contribution in [-0.2, 0) is 9.59 Å². The quantitative estimate of drug-likeness (QED) is 0.837. The van der Waals surface area contributed by atoms with Crippen molar-refractivity contribution >= 4 is 33.4 Å². The standard InChI is InChI=1S/C16H22BrN3O3/c1-16(2,9-18)10-19(3)14(21)7-20-12-5-4-11(17)6-13(12)23-8-15(20)22/h4-6H,7-10,18H2,1-3H3. The SMILES string of the molecule is CN(CC(C)(C)CN)C(=O)CN1C(=O)COc2cc(Br)ccc21. The molecule has 23 heavy (non-hydrogen) atoms. The third-order valence-corrected chi connectivity index (χ3v) is 4.30. The monoisotopic (exact) mass is 383 g/mol. The molecular weight excluding hydrogens is 362 g/mol. The zero-order valence-corrected chi connectivity index (χ0v) is 15.2.